The van der Waals surface area contributed by atoms with E-state index in [1.165, 1.54) is 19.3 Å². The van der Waals surface area contributed by atoms with Crippen LogP contribution < -0.4 is 5.32 Å². The summed E-state index contributed by atoms with van der Waals surface area (Å²) in [5, 5.41) is 3.45. The fourth-order valence-corrected chi connectivity index (χ4v) is 2.34. The zero-order valence-corrected chi connectivity index (χ0v) is 12.6. The molecule has 17 heavy (non-hydrogen) atoms. The summed E-state index contributed by atoms with van der Waals surface area (Å²) in [5.41, 5.74) is 0. The SMILES string of the molecule is CCCC(NC)C(CC)N(C)CCOC(C)C. The molecule has 0 aliphatic heterocycles. The van der Waals surface area contributed by atoms with Crippen molar-refractivity contribution in [2.45, 2.75) is 65.1 Å². The highest BCUT2D eigenvalue weighted by molar-refractivity contribution is 4.81. The van der Waals surface area contributed by atoms with Crippen molar-refractivity contribution < 1.29 is 4.74 Å². The average molecular weight is 244 g/mol. The van der Waals surface area contributed by atoms with Crippen molar-refractivity contribution in [3.63, 3.8) is 0 Å². The fraction of sp³-hybridized carbons (Fsp3) is 1.00. The molecule has 0 aromatic heterocycles. The largest absolute Gasteiger partial charge is 0.377 e. The van der Waals surface area contributed by atoms with Gasteiger partial charge in [-0.1, -0.05) is 20.3 Å². The van der Waals surface area contributed by atoms with Gasteiger partial charge in [-0.15, -0.1) is 0 Å². The predicted octanol–water partition coefficient (Wildman–Crippen LogP) is 2.51. The van der Waals surface area contributed by atoms with Crippen LogP contribution in [0.5, 0.6) is 0 Å². The third-order valence-electron chi connectivity index (χ3n) is 3.31. The first-order valence-electron chi connectivity index (χ1n) is 7.05. The first kappa shape index (κ1) is 16.9. The predicted molar refractivity (Wildman–Crippen MR) is 75.6 cm³/mol. The van der Waals surface area contributed by atoms with Gasteiger partial charge in [0.25, 0.3) is 0 Å². The molecule has 0 aliphatic rings. The summed E-state index contributed by atoms with van der Waals surface area (Å²) in [7, 11) is 4.28. The van der Waals surface area contributed by atoms with Crippen molar-refractivity contribution in [3.8, 4) is 0 Å². The summed E-state index contributed by atoms with van der Waals surface area (Å²) in [6, 6.07) is 1.20. The van der Waals surface area contributed by atoms with E-state index in [2.05, 4.69) is 52.0 Å². The maximum absolute atomic E-state index is 5.62. The first-order valence-corrected chi connectivity index (χ1v) is 7.05. The second-order valence-corrected chi connectivity index (χ2v) is 5.06. The molecular formula is C14H32N2O. The zero-order chi connectivity index (χ0) is 13.3. The normalized spacial score (nSPS) is 15.5. The van der Waals surface area contributed by atoms with Crippen LogP contribution in [0.4, 0.5) is 0 Å². The van der Waals surface area contributed by atoms with E-state index in [1.807, 2.05) is 0 Å². The van der Waals surface area contributed by atoms with Crippen LogP contribution >= 0.6 is 0 Å². The molecule has 0 bridgehead atoms. The minimum Gasteiger partial charge on any atom is -0.377 e. The van der Waals surface area contributed by atoms with E-state index in [0.29, 0.717) is 18.2 Å². The molecule has 0 spiro atoms. The molecule has 0 radical (unpaired) electrons. The molecule has 0 aliphatic carbocycles. The summed E-state index contributed by atoms with van der Waals surface area (Å²) in [4.78, 5) is 2.43. The number of hydrogen-bond donors (Lipinski definition) is 1. The molecule has 0 amide bonds. The molecule has 3 nitrogen and oxygen atoms in total. The van der Waals surface area contributed by atoms with Crippen molar-refractivity contribution in [1.29, 1.82) is 0 Å². The van der Waals surface area contributed by atoms with Crippen LogP contribution in [0.3, 0.4) is 0 Å². The van der Waals surface area contributed by atoms with E-state index in [1.54, 1.807) is 0 Å². The fourth-order valence-electron chi connectivity index (χ4n) is 2.34. The Kier molecular flexibility index (Phi) is 9.79. The maximum atomic E-state index is 5.62. The van der Waals surface area contributed by atoms with Crippen LogP contribution in [0.15, 0.2) is 0 Å². The Morgan fingerprint density at radius 2 is 1.88 bits per heavy atom. The van der Waals surface area contributed by atoms with Gasteiger partial charge < -0.3 is 10.1 Å². The second kappa shape index (κ2) is 9.86. The topological polar surface area (TPSA) is 24.5 Å². The maximum Gasteiger partial charge on any atom is 0.0596 e. The number of nitrogens with one attached hydrogen (secondary N) is 1. The van der Waals surface area contributed by atoms with Gasteiger partial charge in [0.1, 0.15) is 0 Å². The van der Waals surface area contributed by atoms with Gasteiger partial charge in [-0.05, 0) is 40.8 Å². The zero-order valence-electron chi connectivity index (χ0n) is 12.6. The lowest BCUT2D eigenvalue weighted by molar-refractivity contribution is 0.0506. The summed E-state index contributed by atoms with van der Waals surface area (Å²) in [6.07, 6.45) is 3.99. The minimum atomic E-state index is 0.333. The second-order valence-electron chi connectivity index (χ2n) is 5.06. The number of hydrogen-bond acceptors (Lipinski definition) is 3. The Morgan fingerprint density at radius 3 is 2.29 bits per heavy atom. The van der Waals surface area contributed by atoms with E-state index in [9.17, 15) is 0 Å². The summed E-state index contributed by atoms with van der Waals surface area (Å²) in [6.45, 7) is 10.5. The molecule has 2 unspecified atom stereocenters. The quantitative estimate of drug-likeness (QED) is 0.639. The van der Waals surface area contributed by atoms with E-state index in [4.69, 9.17) is 4.74 Å². The average Bonchev–Trinajstić information content (AvgIpc) is 2.28. The number of rotatable bonds is 10. The standard InChI is InChI=1S/C14H32N2O/c1-7-9-13(15-5)14(8-2)16(6)10-11-17-12(3)4/h12-15H,7-11H2,1-6H3. The molecular weight excluding hydrogens is 212 g/mol. The molecule has 0 fully saturated rings. The van der Waals surface area contributed by atoms with Crippen molar-refractivity contribution >= 4 is 0 Å². The van der Waals surface area contributed by atoms with E-state index in [0.717, 1.165) is 13.2 Å². The van der Waals surface area contributed by atoms with Crippen LogP contribution in [-0.4, -0.2) is 50.3 Å². The highest BCUT2D eigenvalue weighted by Gasteiger charge is 2.21. The summed E-state index contributed by atoms with van der Waals surface area (Å²) >= 11 is 0. The molecule has 0 saturated carbocycles. The number of likely N-dealkylation sites (N-methyl/N-ethyl adjacent to an activating group) is 2. The number of nitrogens with zero attached hydrogens (tertiary/aromatic N) is 1. The Balaban J connectivity index is 4.12. The highest BCUT2D eigenvalue weighted by atomic mass is 16.5. The van der Waals surface area contributed by atoms with Gasteiger partial charge in [0.15, 0.2) is 0 Å². The summed E-state index contributed by atoms with van der Waals surface area (Å²) < 4.78 is 5.62. The van der Waals surface area contributed by atoms with Crippen molar-refractivity contribution in [3.05, 3.63) is 0 Å². The van der Waals surface area contributed by atoms with Crippen molar-refractivity contribution in [2.75, 3.05) is 27.2 Å². The van der Waals surface area contributed by atoms with E-state index >= 15 is 0 Å². The van der Waals surface area contributed by atoms with Gasteiger partial charge in [-0.25, -0.2) is 0 Å². The lowest BCUT2D eigenvalue weighted by Crippen LogP contribution is -2.48. The monoisotopic (exact) mass is 244 g/mol. The molecule has 3 heteroatoms. The number of ether oxygens (including phenoxy) is 1. The lowest BCUT2D eigenvalue weighted by Gasteiger charge is -2.34. The smallest absolute Gasteiger partial charge is 0.0596 e. The highest BCUT2D eigenvalue weighted by Crippen LogP contribution is 2.11. The first-order chi connectivity index (χ1) is 8.06. The van der Waals surface area contributed by atoms with E-state index in [-0.39, 0.29) is 0 Å². The van der Waals surface area contributed by atoms with Gasteiger partial charge in [0.05, 0.1) is 12.7 Å². The minimum absolute atomic E-state index is 0.333. The Bertz CT molecular complexity index is 174. The molecule has 104 valence electrons. The van der Waals surface area contributed by atoms with Crippen LogP contribution in [0.1, 0.15) is 47.0 Å². The van der Waals surface area contributed by atoms with Crippen LogP contribution in [0.2, 0.25) is 0 Å². The Morgan fingerprint density at radius 1 is 1.24 bits per heavy atom. The summed E-state index contributed by atoms with van der Waals surface area (Å²) in [5.74, 6) is 0. The Labute approximate surface area is 108 Å². The molecule has 0 aromatic rings. The van der Waals surface area contributed by atoms with Crippen LogP contribution in [0, 0.1) is 0 Å². The van der Waals surface area contributed by atoms with Gasteiger partial charge >= 0.3 is 0 Å². The van der Waals surface area contributed by atoms with Crippen molar-refractivity contribution in [2.24, 2.45) is 0 Å². The molecule has 0 rings (SSSR count). The Hall–Kier alpha value is -0.120. The third kappa shape index (κ3) is 7.02. The molecule has 0 saturated heterocycles. The van der Waals surface area contributed by atoms with E-state index < -0.39 is 0 Å². The molecule has 2 atom stereocenters. The molecule has 0 heterocycles. The lowest BCUT2D eigenvalue weighted by atomic mass is 10.00. The molecule has 1 N–H and O–H groups in total. The van der Waals surface area contributed by atoms with Gasteiger partial charge in [0.2, 0.25) is 0 Å². The van der Waals surface area contributed by atoms with Gasteiger partial charge in [-0.2, -0.15) is 0 Å². The third-order valence-corrected chi connectivity index (χ3v) is 3.31. The molecule has 0 aromatic carbocycles. The van der Waals surface area contributed by atoms with Gasteiger partial charge in [-0.3, -0.25) is 4.90 Å². The van der Waals surface area contributed by atoms with Crippen LogP contribution in [0.25, 0.3) is 0 Å². The van der Waals surface area contributed by atoms with Crippen LogP contribution in [-0.2, 0) is 4.74 Å². The van der Waals surface area contributed by atoms with Gasteiger partial charge in [0, 0.05) is 18.6 Å². The van der Waals surface area contributed by atoms with Crippen molar-refractivity contribution in [1.82, 2.24) is 10.2 Å².